The van der Waals surface area contributed by atoms with Crippen LogP contribution in [0.1, 0.15) is 6.42 Å². The molecule has 2 aliphatic heterocycles. The number of amides is 1. The number of methoxy groups -OCH3 is 1. The highest BCUT2D eigenvalue weighted by atomic mass is 16.5. The zero-order valence-electron chi connectivity index (χ0n) is 10.7. The monoisotopic (exact) mass is 241 g/mol. The Balaban J connectivity index is 1.73. The van der Waals surface area contributed by atoms with Crippen molar-refractivity contribution < 1.29 is 9.53 Å². The zero-order chi connectivity index (χ0) is 12.1. The van der Waals surface area contributed by atoms with Crippen LogP contribution in [0, 0.1) is 5.92 Å². The standard InChI is InChI=1S/C12H23N3O2/c1-17-7-6-15-10-11(8-12(15)16)9-14-4-2-13-3-5-14/h11,13H,2-10H2,1H3. The van der Waals surface area contributed by atoms with E-state index in [0.717, 1.165) is 45.8 Å². The van der Waals surface area contributed by atoms with Crippen molar-refractivity contribution in [3.63, 3.8) is 0 Å². The van der Waals surface area contributed by atoms with Crippen LogP contribution in [0.2, 0.25) is 0 Å². The fourth-order valence-corrected chi connectivity index (χ4v) is 2.65. The van der Waals surface area contributed by atoms with Crippen LogP contribution in [-0.2, 0) is 9.53 Å². The lowest BCUT2D eigenvalue weighted by Crippen LogP contribution is -2.45. The summed E-state index contributed by atoms with van der Waals surface area (Å²) >= 11 is 0. The summed E-state index contributed by atoms with van der Waals surface area (Å²) in [5, 5.41) is 3.35. The van der Waals surface area contributed by atoms with E-state index in [-0.39, 0.29) is 0 Å². The first-order chi connectivity index (χ1) is 8.29. The molecule has 0 aromatic heterocycles. The van der Waals surface area contributed by atoms with Gasteiger partial charge < -0.3 is 19.9 Å². The van der Waals surface area contributed by atoms with E-state index in [9.17, 15) is 4.79 Å². The molecule has 0 aliphatic carbocycles. The second-order valence-corrected chi connectivity index (χ2v) is 4.95. The maximum Gasteiger partial charge on any atom is 0.223 e. The normalized spacial score (nSPS) is 26.8. The van der Waals surface area contributed by atoms with Gasteiger partial charge in [0.05, 0.1) is 6.61 Å². The first-order valence-electron chi connectivity index (χ1n) is 6.49. The molecule has 0 aromatic rings. The second-order valence-electron chi connectivity index (χ2n) is 4.95. The Morgan fingerprint density at radius 2 is 2.18 bits per heavy atom. The summed E-state index contributed by atoms with van der Waals surface area (Å²) in [6.45, 7) is 7.75. The Morgan fingerprint density at radius 3 is 2.88 bits per heavy atom. The third-order valence-electron chi connectivity index (χ3n) is 3.59. The Labute approximate surface area is 103 Å². The van der Waals surface area contributed by atoms with E-state index in [4.69, 9.17) is 4.74 Å². The minimum absolute atomic E-state index is 0.294. The van der Waals surface area contributed by atoms with E-state index < -0.39 is 0 Å². The van der Waals surface area contributed by atoms with Crippen molar-refractivity contribution in [3.05, 3.63) is 0 Å². The molecular weight excluding hydrogens is 218 g/mol. The summed E-state index contributed by atoms with van der Waals surface area (Å²) in [6.07, 6.45) is 0.716. The number of ether oxygens (including phenoxy) is 1. The van der Waals surface area contributed by atoms with Gasteiger partial charge in [0.25, 0.3) is 0 Å². The van der Waals surface area contributed by atoms with Gasteiger partial charge in [-0.05, 0) is 5.92 Å². The summed E-state index contributed by atoms with van der Waals surface area (Å²) in [4.78, 5) is 16.2. The van der Waals surface area contributed by atoms with Crippen LogP contribution in [0.25, 0.3) is 0 Å². The summed E-state index contributed by atoms with van der Waals surface area (Å²) in [5.74, 6) is 0.805. The van der Waals surface area contributed by atoms with E-state index in [2.05, 4.69) is 10.2 Å². The van der Waals surface area contributed by atoms with Crippen LogP contribution >= 0.6 is 0 Å². The Hall–Kier alpha value is -0.650. The predicted molar refractivity (Wildman–Crippen MR) is 65.9 cm³/mol. The molecule has 0 aromatic carbocycles. The van der Waals surface area contributed by atoms with E-state index in [0.29, 0.717) is 24.9 Å². The molecule has 1 unspecified atom stereocenters. The average molecular weight is 241 g/mol. The number of carbonyl (C=O) groups is 1. The highest BCUT2D eigenvalue weighted by Crippen LogP contribution is 2.18. The number of piperazine rings is 1. The van der Waals surface area contributed by atoms with Gasteiger partial charge >= 0.3 is 0 Å². The van der Waals surface area contributed by atoms with Crippen LogP contribution in [0.3, 0.4) is 0 Å². The van der Waals surface area contributed by atoms with Gasteiger partial charge in [0.15, 0.2) is 0 Å². The molecule has 0 bridgehead atoms. The number of carbonyl (C=O) groups excluding carboxylic acids is 1. The van der Waals surface area contributed by atoms with Crippen molar-refractivity contribution in [2.45, 2.75) is 6.42 Å². The van der Waals surface area contributed by atoms with Crippen molar-refractivity contribution in [1.82, 2.24) is 15.1 Å². The number of rotatable bonds is 5. The summed E-state index contributed by atoms with van der Waals surface area (Å²) < 4.78 is 5.02. The zero-order valence-corrected chi connectivity index (χ0v) is 10.7. The van der Waals surface area contributed by atoms with Crippen molar-refractivity contribution in [2.24, 2.45) is 5.92 Å². The molecule has 2 saturated heterocycles. The van der Waals surface area contributed by atoms with Gasteiger partial charge in [-0.15, -0.1) is 0 Å². The third-order valence-corrected chi connectivity index (χ3v) is 3.59. The lowest BCUT2D eigenvalue weighted by atomic mass is 10.1. The van der Waals surface area contributed by atoms with Crippen LogP contribution in [0.4, 0.5) is 0 Å². The van der Waals surface area contributed by atoms with Crippen molar-refractivity contribution >= 4 is 5.91 Å². The fourth-order valence-electron chi connectivity index (χ4n) is 2.65. The quantitative estimate of drug-likeness (QED) is 0.697. The van der Waals surface area contributed by atoms with E-state index in [1.165, 1.54) is 0 Å². The van der Waals surface area contributed by atoms with Crippen molar-refractivity contribution in [1.29, 1.82) is 0 Å². The molecule has 17 heavy (non-hydrogen) atoms. The summed E-state index contributed by atoms with van der Waals surface area (Å²) in [6, 6.07) is 0. The molecule has 98 valence electrons. The number of nitrogens with zero attached hydrogens (tertiary/aromatic N) is 2. The first kappa shape index (κ1) is 12.8. The number of nitrogens with one attached hydrogen (secondary N) is 1. The van der Waals surface area contributed by atoms with E-state index in [1.54, 1.807) is 7.11 Å². The summed E-state index contributed by atoms with van der Waals surface area (Å²) in [7, 11) is 1.68. The molecule has 2 fully saturated rings. The SMILES string of the molecule is COCCN1CC(CN2CCNCC2)CC1=O. The molecule has 5 nitrogen and oxygen atoms in total. The van der Waals surface area contributed by atoms with Gasteiger partial charge in [-0.1, -0.05) is 0 Å². The maximum atomic E-state index is 11.8. The van der Waals surface area contributed by atoms with Gasteiger partial charge in [0.2, 0.25) is 5.91 Å². The molecule has 1 amide bonds. The minimum atomic E-state index is 0.294. The van der Waals surface area contributed by atoms with Crippen LogP contribution in [-0.4, -0.2) is 75.2 Å². The van der Waals surface area contributed by atoms with Crippen LogP contribution in [0.5, 0.6) is 0 Å². The van der Waals surface area contributed by atoms with Gasteiger partial charge in [0.1, 0.15) is 0 Å². The lowest BCUT2D eigenvalue weighted by molar-refractivity contribution is -0.128. The predicted octanol–water partition coefficient (Wildman–Crippen LogP) is -0.613. The van der Waals surface area contributed by atoms with Gasteiger partial charge in [0, 0.05) is 59.3 Å². The number of hydrogen-bond donors (Lipinski definition) is 1. The van der Waals surface area contributed by atoms with Crippen LogP contribution < -0.4 is 5.32 Å². The smallest absolute Gasteiger partial charge is 0.223 e. The van der Waals surface area contributed by atoms with Crippen molar-refractivity contribution in [2.75, 3.05) is 59.5 Å². The highest BCUT2D eigenvalue weighted by Gasteiger charge is 2.30. The first-order valence-corrected chi connectivity index (χ1v) is 6.49. The number of likely N-dealkylation sites (tertiary alicyclic amines) is 1. The second kappa shape index (κ2) is 6.33. The minimum Gasteiger partial charge on any atom is -0.383 e. The lowest BCUT2D eigenvalue weighted by Gasteiger charge is -2.29. The molecule has 0 spiro atoms. The molecule has 2 aliphatic rings. The molecule has 2 rings (SSSR count). The number of hydrogen-bond acceptors (Lipinski definition) is 4. The van der Waals surface area contributed by atoms with Gasteiger partial charge in [-0.3, -0.25) is 4.79 Å². The molecule has 1 atom stereocenters. The summed E-state index contributed by atoms with van der Waals surface area (Å²) in [5.41, 5.74) is 0. The molecular formula is C12H23N3O2. The van der Waals surface area contributed by atoms with E-state index >= 15 is 0 Å². The Bertz CT molecular complexity index is 254. The topological polar surface area (TPSA) is 44.8 Å². The average Bonchev–Trinajstić information content (AvgIpc) is 2.68. The maximum absolute atomic E-state index is 11.8. The highest BCUT2D eigenvalue weighted by molar-refractivity contribution is 5.78. The molecule has 5 heteroatoms. The molecule has 1 N–H and O–H groups in total. The van der Waals surface area contributed by atoms with E-state index in [1.807, 2.05) is 4.90 Å². The molecule has 2 heterocycles. The van der Waals surface area contributed by atoms with Crippen LogP contribution in [0.15, 0.2) is 0 Å². The fraction of sp³-hybridized carbons (Fsp3) is 0.917. The Kier molecular flexibility index (Phi) is 4.76. The van der Waals surface area contributed by atoms with Gasteiger partial charge in [-0.25, -0.2) is 0 Å². The van der Waals surface area contributed by atoms with Gasteiger partial charge in [-0.2, -0.15) is 0 Å². The molecule has 0 radical (unpaired) electrons. The van der Waals surface area contributed by atoms with Crippen molar-refractivity contribution in [3.8, 4) is 0 Å². The largest absolute Gasteiger partial charge is 0.383 e. The Morgan fingerprint density at radius 1 is 1.41 bits per heavy atom. The third kappa shape index (κ3) is 3.66. The molecule has 0 saturated carbocycles.